The molecule has 11 heteroatoms. The van der Waals surface area contributed by atoms with Gasteiger partial charge in [0.25, 0.3) is 0 Å². The van der Waals surface area contributed by atoms with E-state index in [1.807, 2.05) is 0 Å². The van der Waals surface area contributed by atoms with Crippen molar-refractivity contribution in [2.24, 2.45) is 5.92 Å². The van der Waals surface area contributed by atoms with Gasteiger partial charge in [0, 0.05) is 30.6 Å². The number of carbonyl (C=O) groups excluding carboxylic acids is 1. The molecule has 184 valence electrons. The van der Waals surface area contributed by atoms with Crippen LogP contribution in [0.15, 0.2) is 51.9 Å². The van der Waals surface area contributed by atoms with Crippen molar-refractivity contribution < 1.29 is 30.9 Å². The summed E-state index contributed by atoms with van der Waals surface area (Å²) >= 11 is 0. The van der Waals surface area contributed by atoms with Crippen molar-refractivity contribution in [1.82, 2.24) is 9.46 Å². The Morgan fingerprint density at radius 1 is 1.09 bits per heavy atom. The number of nitrogens with one attached hydrogen (secondary N) is 1. The average molecular weight is 506 g/mol. The van der Waals surface area contributed by atoms with E-state index in [4.69, 9.17) is 4.52 Å². The number of para-hydroxylation sites is 1. The number of sulfonamides is 1. The van der Waals surface area contributed by atoms with Crippen LogP contribution < -0.4 is 5.32 Å². The summed E-state index contributed by atoms with van der Waals surface area (Å²) in [6.45, 7) is 1.61. The van der Waals surface area contributed by atoms with E-state index in [-0.39, 0.29) is 59.4 Å². The van der Waals surface area contributed by atoms with E-state index in [1.54, 1.807) is 6.07 Å². The van der Waals surface area contributed by atoms with Crippen LogP contribution in [0.3, 0.4) is 0 Å². The van der Waals surface area contributed by atoms with Crippen molar-refractivity contribution in [1.29, 1.82) is 0 Å². The van der Waals surface area contributed by atoms with Crippen LogP contribution in [0.1, 0.15) is 29.9 Å². The molecule has 0 bridgehead atoms. The van der Waals surface area contributed by atoms with E-state index in [9.17, 15) is 26.4 Å². The number of aryl methyl sites for hydroxylation is 1. The number of anilines is 1. The standard InChI is InChI=1S/C24H22F3N3O4S/c1-15-23(22(34-29-15)9-7-16-6-8-18(25)14-20(16)27)35(32,33)30-12-10-17(11-13-30)24(31)28-21-5-3-2-4-19(21)26/h2-9,14,17H,10-13H2,1H3,(H,28,31)/b9-7+. The zero-order valence-corrected chi connectivity index (χ0v) is 19.5. The van der Waals surface area contributed by atoms with Crippen LogP contribution >= 0.6 is 0 Å². The number of hydrogen-bond donors (Lipinski definition) is 1. The Morgan fingerprint density at radius 2 is 1.80 bits per heavy atom. The van der Waals surface area contributed by atoms with Gasteiger partial charge in [-0.25, -0.2) is 21.6 Å². The van der Waals surface area contributed by atoms with Gasteiger partial charge in [-0.3, -0.25) is 4.79 Å². The van der Waals surface area contributed by atoms with Crippen molar-refractivity contribution in [2.75, 3.05) is 18.4 Å². The second-order valence-electron chi connectivity index (χ2n) is 8.11. The van der Waals surface area contributed by atoms with Crippen LogP contribution in [-0.2, 0) is 14.8 Å². The predicted octanol–water partition coefficient (Wildman–Crippen LogP) is 4.61. The first kappa shape index (κ1) is 24.7. The number of halogens is 3. The van der Waals surface area contributed by atoms with Crippen LogP contribution in [0, 0.1) is 30.3 Å². The Labute approximate surface area is 200 Å². The minimum absolute atomic E-state index is 0.0467. The number of piperidine rings is 1. The van der Waals surface area contributed by atoms with Gasteiger partial charge in [0.2, 0.25) is 15.9 Å². The summed E-state index contributed by atoms with van der Waals surface area (Å²) < 4.78 is 73.9. The van der Waals surface area contributed by atoms with Crippen LogP contribution in [0.5, 0.6) is 0 Å². The van der Waals surface area contributed by atoms with Gasteiger partial charge < -0.3 is 9.84 Å². The SMILES string of the molecule is Cc1noc(/C=C/c2ccc(F)cc2F)c1S(=O)(=O)N1CCC(C(=O)Nc2ccccc2F)CC1. The number of hydrogen-bond acceptors (Lipinski definition) is 5. The van der Waals surface area contributed by atoms with Gasteiger partial charge >= 0.3 is 0 Å². The fourth-order valence-electron chi connectivity index (χ4n) is 3.89. The molecule has 7 nitrogen and oxygen atoms in total. The maximum Gasteiger partial charge on any atom is 0.248 e. The molecule has 2 heterocycles. The van der Waals surface area contributed by atoms with Gasteiger partial charge in [0.1, 0.15) is 23.1 Å². The quantitative estimate of drug-likeness (QED) is 0.528. The highest BCUT2D eigenvalue weighted by Crippen LogP contribution is 2.30. The Bertz CT molecular complexity index is 1380. The molecular weight excluding hydrogens is 483 g/mol. The monoisotopic (exact) mass is 505 g/mol. The molecule has 1 fully saturated rings. The minimum Gasteiger partial charge on any atom is -0.355 e. The molecule has 1 saturated heterocycles. The molecule has 0 atom stereocenters. The summed E-state index contributed by atoms with van der Waals surface area (Å²) in [4.78, 5) is 12.4. The molecule has 1 aromatic heterocycles. The fraction of sp³-hybridized carbons (Fsp3) is 0.250. The van der Waals surface area contributed by atoms with Crippen molar-refractivity contribution in [3.05, 3.63) is 76.9 Å². The minimum atomic E-state index is -4.04. The molecule has 1 aliphatic rings. The largest absolute Gasteiger partial charge is 0.355 e. The summed E-state index contributed by atoms with van der Waals surface area (Å²) in [5.74, 6) is -3.04. The average Bonchev–Trinajstić information content (AvgIpc) is 3.21. The highest BCUT2D eigenvalue weighted by Gasteiger charge is 2.36. The number of amides is 1. The second-order valence-corrected chi connectivity index (χ2v) is 9.98. The topological polar surface area (TPSA) is 92.5 Å². The van der Waals surface area contributed by atoms with E-state index >= 15 is 0 Å². The van der Waals surface area contributed by atoms with Crippen LogP contribution in [0.2, 0.25) is 0 Å². The molecule has 1 aliphatic heterocycles. The molecule has 0 unspecified atom stereocenters. The lowest BCUT2D eigenvalue weighted by molar-refractivity contribution is -0.120. The lowest BCUT2D eigenvalue weighted by Gasteiger charge is -2.30. The summed E-state index contributed by atoms with van der Waals surface area (Å²) in [6, 6.07) is 8.83. The lowest BCUT2D eigenvalue weighted by atomic mass is 9.97. The van der Waals surface area contributed by atoms with Crippen LogP contribution in [0.25, 0.3) is 12.2 Å². The fourth-order valence-corrected chi connectivity index (χ4v) is 5.61. The number of aromatic nitrogens is 1. The van der Waals surface area contributed by atoms with Gasteiger partial charge in [-0.15, -0.1) is 0 Å². The number of nitrogens with zero attached hydrogens (tertiary/aromatic N) is 2. The zero-order chi connectivity index (χ0) is 25.2. The Kier molecular flexibility index (Phi) is 7.08. The summed E-state index contributed by atoms with van der Waals surface area (Å²) in [6.07, 6.45) is 3.02. The molecule has 35 heavy (non-hydrogen) atoms. The smallest absolute Gasteiger partial charge is 0.248 e. The molecule has 0 spiro atoms. The molecule has 2 aromatic carbocycles. The van der Waals surface area contributed by atoms with Crippen molar-refractivity contribution in [3.63, 3.8) is 0 Å². The first-order valence-corrected chi connectivity index (χ1v) is 12.3. The summed E-state index contributed by atoms with van der Waals surface area (Å²) in [5, 5.41) is 6.29. The highest BCUT2D eigenvalue weighted by molar-refractivity contribution is 7.89. The molecule has 3 aromatic rings. The van der Waals surface area contributed by atoms with E-state index in [0.717, 1.165) is 12.1 Å². The molecule has 0 radical (unpaired) electrons. The van der Waals surface area contributed by atoms with Crippen LogP contribution in [0.4, 0.5) is 18.9 Å². The van der Waals surface area contributed by atoms with Gasteiger partial charge in [0.05, 0.1) is 5.69 Å². The number of benzene rings is 2. The molecule has 0 aliphatic carbocycles. The van der Waals surface area contributed by atoms with Crippen molar-refractivity contribution in [3.8, 4) is 0 Å². The first-order valence-electron chi connectivity index (χ1n) is 10.8. The van der Waals surface area contributed by atoms with E-state index < -0.39 is 33.4 Å². The molecule has 1 amide bonds. The van der Waals surface area contributed by atoms with E-state index in [2.05, 4.69) is 10.5 Å². The maximum absolute atomic E-state index is 13.9. The van der Waals surface area contributed by atoms with Crippen molar-refractivity contribution in [2.45, 2.75) is 24.7 Å². The van der Waals surface area contributed by atoms with Gasteiger partial charge in [-0.2, -0.15) is 4.31 Å². The Hall–Kier alpha value is -3.44. The van der Waals surface area contributed by atoms with Gasteiger partial charge in [-0.1, -0.05) is 17.3 Å². The Balaban J connectivity index is 1.47. The van der Waals surface area contributed by atoms with Crippen LogP contribution in [-0.4, -0.2) is 36.9 Å². The van der Waals surface area contributed by atoms with Crippen molar-refractivity contribution >= 4 is 33.8 Å². The maximum atomic E-state index is 13.9. The van der Waals surface area contributed by atoms with E-state index in [0.29, 0.717) is 0 Å². The normalized spacial score (nSPS) is 15.5. The third-order valence-corrected chi connectivity index (χ3v) is 7.82. The molecular formula is C24H22F3N3O4S. The molecule has 0 saturated carbocycles. The number of rotatable bonds is 6. The van der Waals surface area contributed by atoms with Gasteiger partial charge in [-0.05, 0) is 56.2 Å². The van der Waals surface area contributed by atoms with E-state index in [1.165, 1.54) is 47.6 Å². The third kappa shape index (κ3) is 5.30. The first-order chi connectivity index (χ1) is 16.7. The highest BCUT2D eigenvalue weighted by atomic mass is 32.2. The third-order valence-electron chi connectivity index (χ3n) is 5.76. The Morgan fingerprint density at radius 3 is 2.49 bits per heavy atom. The van der Waals surface area contributed by atoms with Gasteiger partial charge in [0.15, 0.2) is 10.7 Å². The molecule has 4 rings (SSSR count). The lowest BCUT2D eigenvalue weighted by Crippen LogP contribution is -2.41. The predicted molar refractivity (Wildman–Crippen MR) is 123 cm³/mol. The zero-order valence-electron chi connectivity index (χ0n) is 18.7. The second kappa shape index (κ2) is 10.0. The summed E-state index contributed by atoms with van der Waals surface area (Å²) in [7, 11) is -4.04. The molecule has 1 N–H and O–H groups in total. The number of carbonyl (C=O) groups is 1. The summed E-state index contributed by atoms with van der Waals surface area (Å²) in [5.41, 5.74) is 0.246.